The van der Waals surface area contributed by atoms with Gasteiger partial charge >= 0.3 is 0 Å². The van der Waals surface area contributed by atoms with Crippen molar-refractivity contribution in [2.24, 2.45) is 34.0 Å². The maximum Gasteiger partial charge on any atom is 0.136 e. The Hall–Kier alpha value is -1.41. The van der Waals surface area contributed by atoms with Crippen LogP contribution in [0.5, 0.6) is 0 Å². The van der Waals surface area contributed by atoms with E-state index in [0.717, 1.165) is 44.4 Å². The van der Waals surface area contributed by atoms with Crippen LogP contribution < -0.4 is 0 Å². The van der Waals surface area contributed by atoms with Gasteiger partial charge in [0.15, 0.2) is 0 Å². The van der Waals surface area contributed by atoms with Crippen molar-refractivity contribution in [1.82, 2.24) is 0 Å². The first-order valence-corrected chi connectivity index (χ1v) is 12.2. The Balaban J connectivity index is 1.50. The molecule has 7 atom stereocenters. The number of hydrogen-bond donors (Lipinski definition) is 1. The summed E-state index contributed by atoms with van der Waals surface area (Å²) in [5.74, 6) is 2.48. The van der Waals surface area contributed by atoms with E-state index in [-0.39, 0.29) is 22.3 Å². The molecule has 0 radical (unpaired) electrons. The number of carbonyl (C=O) groups excluding carboxylic acids is 1. The lowest BCUT2D eigenvalue weighted by atomic mass is 9.45. The number of allylic oxidation sites excluding steroid dienone is 1. The Labute approximate surface area is 182 Å². The van der Waals surface area contributed by atoms with E-state index in [0.29, 0.717) is 17.6 Å². The Bertz CT molecular complexity index is 857. The van der Waals surface area contributed by atoms with Gasteiger partial charge < -0.3 is 5.11 Å². The number of aliphatic hydroxyl groups is 1. The second kappa shape index (κ2) is 7.05. The molecule has 0 aromatic heterocycles. The van der Waals surface area contributed by atoms with E-state index >= 15 is 0 Å². The topological polar surface area (TPSA) is 37.3 Å². The van der Waals surface area contributed by atoms with Crippen LogP contribution in [0.2, 0.25) is 0 Å². The Morgan fingerprint density at radius 3 is 2.50 bits per heavy atom. The van der Waals surface area contributed by atoms with E-state index in [1.807, 2.05) is 6.92 Å². The van der Waals surface area contributed by atoms with E-state index in [2.05, 4.69) is 50.3 Å². The van der Waals surface area contributed by atoms with Crippen molar-refractivity contribution in [3.8, 4) is 0 Å². The third-order valence-corrected chi connectivity index (χ3v) is 10.5. The smallest absolute Gasteiger partial charge is 0.136 e. The standard InChI is InChI=1S/C28H38O2/c1-19(29)28(18-20-7-5-4-6-8-20)16-13-25-23-10-9-21-17-22(30)11-14-26(21,2)24(23)12-15-27(25,28)3/h4-9,22-25,30H,10-18H2,1-3H3/t22-,23?,24?,25?,26?,27-,28-/m0/s1. The molecule has 2 nitrogen and oxygen atoms in total. The average molecular weight is 407 g/mol. The summed E-state index contributed by atoms with van der Waals surface area (Å²) in [5.41, 5.74) is 3.01. The molecule has 0 heterocycles. The van der Waals surface area contributed by atoms with Gasteiger partial charge in [0, 0.05) is 5.41 Å². The quantitative estimate of drug-likeness (QED) is 0.613. The van der Waals surface area contributed by atoms with Gasteiger partial charge in [-0.3, -0.25) is 4.79 Å². The summed E-state index contributed by atoms with van der Waals surface area (Å²) < 4.78 is 0. The number of hydrogen-bond acceptors (Lipinski definition) is 2. The number of carbonyl (C=O) groups is 1. The van der Waals surface area contributed by atoms with Crippen molar-refractivity contribution < 1.29 is 9.90 Å². The molecule has 1 aromatic rings. The molecule has 4 aliphatic rings. The van der Waals surface area contributed by atoms with Crippen molar-refractivity contribution in [2.45, 2.75) is 84.7 Å². The number of Topliss-reactive ketones (excluding diaryl/α,β-unsaturated/α-hetero) is 1. The van der Waals surface area contributed by atoms with Crippen LogP contribution in [0.1, 0.15) is 77.7 Å². The van der Waals surface area contributed by atoms with Crippen molar-refractivity contribution in [3.63, 3.8) is 0 Å². The first-order valence-electron chi connectivity index (χ1n) is 12.2. The highest BCUT2D eigenvalue weighted by Gasteiger charge is 2.65. The zero-order valence-electron chi connectivity index (χ0n) is 19.0. The second-order valence-corrected chi connectivity index (χ2v) is 11.5. The summed E-state index contributed by atoms with van der Waals surface area (Å²) >= 11 is 0. The van der Waals surface area contributed by atoms with Crippen molar-refractivity contribution in [1.29, 1.82) is 0 Å². The van der Waals surface area contributed by atoms with Gasteiger partial charge in [-0.1, -0.05) is 55.8 Å². The van der Waals surface area contributed by atoms with Gasteiger partial charge in [0.25, 0.3) is 0 Å². The molecule has 4 aliphatic carbocycles. The van der Waals surface area contributed by atoms with Crippen LogP contribution >= 0.6 is 0 Å². The van der Waals surface area contributed by atoms with Crippen molar-refractivity contribution in [2.75, 3.05) is 0 Å². The summed E-state index contributed by atoms with van der Waals surface area (Å²) in [7, 11) is 0. The summed E-state index contributed by atoms with van der Waals surface area (Å²) in [4.78, 5) is 13.3. The van der Waals surface area contributed by atoms with Gasteiger partial charge in [-0.05, 0) is 98.9 Å². The largest absolute Gasteiger partial charge is 0.393 e. The van der Waals surface area contributed by atoms with Crippen molar-refractivity contribution >= 4 is 5.78 Å². The molecular formula is C28H38O2. The Kier molecular flexibility index (Phi) is 4.82. The fourth-order valence-corrected chi connectivity index (χ4v) is 8.71. The highest BCUT2D eigenvalue weighted by Crippen LogP contribution is 2.70. The molecule has 162 valence electrons. The molecule has 3 saturated carbocycles. The van der Waals surface area contributed by atoms with Crippen LogP contribution in [0, 0.1) is 34.0 Å². The fourth-order valence-electron chi connectivity index (χ4n) is 8.71. The van der Waals surface area contributed by atoms with Crippen molar-refractivity contribution in [3.05, 3.63) is 47.5 Å². The molecule has 2 heteroatoms. The normalized spacial score (nSPS) is 45.1. The maximum atomic E-state index is 13.3. The lowest BCUT2D eigenvalue weighted by Gasteiger charge is -2.59. The highest BCUT2D eigenvalue weighted by molar-refractivity contribution is 5.84. The second-order valence-electron chi connectivity index (χ2n) is 11.5. The minimum absolute atomic E-state index is 0.103. The Morgan fingerprint density at radius 1 is 1.03 bits per heavy atom. The monoisotopic (exact) mass is 406 g/mol. The number of aliphatic hydroxyl groups excluding tert-OH is 1. The van der Waals surface area contributed by atoms with E-state index in [9.17, 15) is 9.90 Å². The summed E-state index contributed by atoms with van der Waals surface area (Å²) in [6.07, 6.45) is 12.0. The fraction of sp³-hybridized carbons (Fsp3) is 0.679. The number of ketones is 1. The van der Waals surface area contributed by atoms with E-state index < -0.39 is 0 Å². The lowest BCUT2D eigenvalue weighted by molar-refractivity contribution is -0.140. The molecule has 0 bridgehead atoms. The number of rotatable bonds is 3. The lowest BCUT2D eigenvalue weighted by Crippen LogP contribution is -2.54. The Morgan fingerprint density at radius 2 is 1.77 bits per heavy atom. The van der Waals surface area contributed by atoms with Crippen LogP contribution in [0.25, 0.3) is 0 Å². The zero-order valence-corrected chi connectivity index (χ0v) is 19.0. The van der Waals surface area contributed by atoms with Gasteiger partial charge in [0.05, 0.1) is 6.10 Å². The summed E-state index contributed by atoms with van der Waals surface area (Å²) in [5, 5.41) is 10.2. The number of fused-ring (bicyclic) bond motifs is 5. The zero-order chi connectivity index (χ0) is 21.1. The maximum absolute atomic E-state index is 13.3. The minimum Gasteiger partial charge on any atom is -0.393 e. The highest BCUT2D eigenvalue weighted by atomic mass is 16.3. The van der Waals surface area contributed by atoms with Crippen LogP contribution in [0.3, 0.4) is 0 Å². The predicted molar refractivity (Wildman–Crippen MR) is 121 cm³/mol. The van der Waals surface area contributed by atoms with E-state index in [1.54, 1.807) is 0 Å². The first-order chi connectivity index (χ1) is 14.3. The third-order valence-electron chi connectivity index (χ3n) is 10.5. The van der Waals surface area contributed by atoms with E-state index in [1.165, 1.54) is 30.4 Å². The van der Waals surface area contributed by atoms with Crippen LogP contribution in [-0.4, -0.2) is 17.0 Å². The molecule has 0 spiro atoms. The molecule has 0 saturated heterocycles. The minimum atomic E-state index is -0.211. The van der Waals surface area contributed by atoms with Gasteiger partial charge in [-0.2, -0.15) is 0 Å². The van der Waals surface area contributed by atoms with Crippen LogP contribution in [0.4, 0.5) is 0 Å². The average Bonchev–Trinajstić information content (AvgIpc) is 3.03. The molecular weight excluding hydrogens is 368 g/mol. The molecule has 1 N–H and O–H groups in total. The van der Waals surface area contributed by atoms with Gasteiger partial charge in [0.2, 0.25) is 0 Å². The molecule has 0 aliphatic heterocycles. The molecule has 1 aromatic carbocycles. The summed E-state index contributed by atoms with van der Waals surface area (Å²) in [6, 6.07) is 10.7. The molecule has 3 fully saturated rings. The summed E-state index contributed by atoms with van der Waals surface area (Å²) in [6.45, 7) is 6.82. The van der Waals surface area contributed by atoms with Gasteiger partial charge in [0.1, 0.15) is 5.78 Å². The van der Waals surface area contributed by atoms with Crippen LogP contribution in [-0.2, 0) is 11.2 Å². The molecule has 5 rings (SSSR count). The van der Waals surface area contributed by atoms with E-state index in [4.69, 9.17) is 0 Å². The predicted octanol–water partition coefficient (Wildman–Crippen LogP) is 6.13. The first kappa shape index (κ1) is 20.5. The van der Waals surface area contributed by atoms with Gasteiger partial charge in [-0.15, -0.1) is 0 Å². The van der Waals surface area contributed by atoms with Gasteiger partial charge in [-0.25, -0.2) is 0 Å². The third kappa shape index (κ3) is 2.75. The molecule has 0 amide bonds. The molecule has 30 heavy (non-hydrogen) atoms. The van der Waals surface area contributed by atoms with Crippen LogP contribution in [0.15, 0.2) is 42.0 Å². The number of benzene rings is 1. The molecule has 4 unspecified atom stereocenters. The SMILES string of the molecule is CC(=O)[C@@]1(Cc2ccccc2)CCC2C3CC=C4C[C@@H](O)CCC4(C)C3CC[C@@]21C.